The Bertz CT molecular complexity index is 3990. The van der Waals surface area contributed by atoms with Gasteiger partial charge < -0.3 is 9.13 Å². The van der Waals surface area contributed by atoms with E-state index in [9.17, 15) is 31.6 Å². The number of rotatable bonds is 6. The fraction of sp³-hybridized carbons (Fsp3) is 0.0984. The summed E-state index contributed by atoms with van der Waals surface area (Å²) in [5, 5.41) is 14.3. The van der Waals surface area contributed by atoms with E-state index in [2.05, 4.69) is 116 Å². The standard InChI is InChI=1S/C61H41F6N3/c1-35-13-20-44(37(3)27-35)40-16-24-57-50(30-40)47-9-5-7-11-54(47)69(57)56-23-15-39(34-68)29-49(56)52-32-42(46-22-19-43(60(62,63)64)33-53(46)61(65,66)67)18-26-59(52)70-55-12-8-6-10-48(55)51-31-41(17-25-58(51)70)45-21-14-36(2)28-38(45)4/h5-33H,1-4H3. The molecule has 0 aliphatic rings. The summed E-state index contributed by atoms with van der Waals surface area (Å²) in [7, 11) is 0. The topological polar surface area (TPSA) is 33.6 Å². The van der Waals surface area contributed by atoms with E-state index in [1.165, 1.54) is 6.07 Å². The first-order chi connectivity index (χ1) is 33.6. The van der Waals surface area contributed by atoms with Gasteiger partial charge in [0, 0.05) is 32.7 Å². The van der Waals surface area contributed by atoms with Crippen LogP contribution in [0.1, 0.15) is 38.9 Å². The summed E-state index contributed by atoms with van der Waals surface area (Å²) in [6.07, 6.45) is -10.1. The van der Waals surface area contributed by atoms with Crippen molar-refractivity contribution in [1.82, 2.24) is 9.13 Å². The highest BCUT2D eigenvalue weighted by Gasteiger charge is 2.38. The number of para-hydroxylation sites is 2. The minimum atomic E-state index is -5.12. The molecule has 0 radical (unpaired) electrons. The lowest BCUT2D eigenvalue weighted by Gasteiger charge is -2.21. The van der Waals surface area contributed by atoms with Crippen molar-refractivity contribution in [3.8, 4) is 62.0 Å². The largest absolute Gasteiger partial charge is 0.417 e. The highest BCUT2D eigenvalue weighted by atomic mass is 19.4. The van der Waals surface area contributed by atoms with Crippen LogP contribution in [0.4, 0.5) is 26.3 Å². The predicted octanol–water partition coefficient (Wildman–Crippen LogP) is 17.7. The second-order valence-electron chi connectivity index (χ2n) is 18.1. The van der Waals surface area contributed by atoms with Crippen molar-refractivity contribution < 1.29 is 26.3 Å². The zero-order valence-electron chi connectivity index (χ0n) is 38.4. The molecular formula is C61H41F6N3. The molecule has 11 rings (SSSR count). The molecule has 0 atom stereocenters. The zero-order chi connectivity index (χ0) is 48.8. The number of alkyl halides is 6. The van der Waals surface area contributed by atoms with Crippen LogP contribution in [0.3, 0.4) is 0 Å². The van der Waals surface area contributed by atoms with E-state index in [1.54, 1.807) is 24.3 Å². The van der Waals surface area contributed by atoms with Gasteiger partial charge in [0.05, 0.1) is 56.2 Å². The number of nitrogens with zero attached hydrogens (tertiary/aromatic N) is 3. The molecule has 342 valence electrons. The summed E-state index contributed by atoms with van der Waals surface area (Å²) in [6, 6.07) is 55.5. The van der Waals surface area contributed by atoms with Crippen LogP contribution in [0.15, 0.2) is 176 Å². The Balaban J connectivity index is 1.23. The third kappa shape index (κ3) is 7.39. The highest BCUT2D eigenvalue weighted by molar-refractivity contribution is 6.13. The lowest BCUT2D eigenvalue weighted by Crippen LogP contribution is -2.12. The monoisotopic (exact) mass is 929 g/mol. The van der Waals surface area contributed by atoms with Gasteiger partial charge in [-0.3, -0.25) is 0 Å². The molecule has 9 heteroatoms. The molecule has 0 unspecified atom stereocenters. The van der Waals surface area contributed by atoms with Crippen LogP contribution >= 0.6 is 0 Å². The normalized spacial score (nSPS) is 12.1. The molecule has 0 aliphatic carbocycles. The molecule has 0 amide bonds. The zero-order valence-corrected chi connectivity index (χ0v) is 38.4. The molecule has 3 nitrogen and oxygen atoms in total. The van der Waals surface area contributed by atoms with Crippen molar-refractivity contribution in [3.63, 3.8) is 0 Å². The summed E-state index contributed by atoms with van der Waals surface area (Å²) in [6.45, 7) is 8.29. The van der Waals surface area contributed by atoms with E-state index in [0.29, 0.717) is 34.1 Å². The predicted molar refractivity (Wildman–Crippen MR) is 271 cm³/mol. The lowest BCUT2D eigenvalue weighted by molar-refractivity contribution is -0.142. The Morgan fingerprint density at radius 2 is 0.843 bits per heavy atom. The minimum absolute atomic E-state index is 0.0475. The first kappa shape index (κ1) is 44.2. The van der Waals surface area contributed by atoms with Crippen molar-refractivity contribution >= 4 is 43.6 Å². The van der Waals surface area contributed by atoms with Crippen LogP contribution in [0.2, 0.25) is 0 Å². The van der Waals surface area contributed by atoms with Crippen molar-refractivity contribution in [2.45, 2.75) is 40.0 Å². The van der Waals surface area contributed by atoms with Crippen LogP contribution in [-0.4, -0.2) is 9.13 Å². The number of benzene rings is 9. The third-order valence-corrected chi connectivity index (χ3v) is 13.6. The van der Waals surface area contributed by atoms with E-state index in [4.69, 9.17) is 0 Å². The summed E-state index contributed by atoms with van der Waals surface area (Å²) < 4.78 is 91.2. The molecule has 0 N–H and O–H groups in total. The van der Waals surface area contributed by atoms with Crippen molar-refractivity contribution in [2.75, 3.05) is 0 Å². The molecule has 0 fully saturated rings. The van der Waals surface area contributed by atoms with Gasteiger partial charge in [-0.15, -0.1) is 0 Å². The second-order valence-corrected chi connectivity index (χ2v) is 18.1. The number of halogens is 6. The lowest BCUT2D eigenvalue weighted by atomic mass is 9.91. The average Bonchev–Trinajstić information content (AvgIpc) is 3.85. The van der Waals surface area contributed by atoms with Crippen molar-refractivity contribution in [2.24, 2.45) is 0 Å². The molecule has 2 heterocycles. The van der Waals surface area contributed by atoms with E-state index in [-0.39, 0.29) is 11.6 Å². The molecule has 70 heavy (non-hydrogen) atoms. The quantitative estimate of drug-likeness (QED) is 0.153. The number of aromatic nitrogens is 2. The van der Waals surface area contributed by atoms with Crippen LogP contribution in [0.25, 0.3) is 99.5 Å². The smallest absolute Gasteiger partial charge is 0.309 e. The molecule has 2 aromatic heterocycles. The van der Waals surface area contributed by atoms with Crippen LogP contribution in [0.5, 0.6) is 0 Å². The van der Waals surface area contributed by atoms with Gasteiger partial charge in [0.15, 0.2) is 0 Å². The Kier molecular flexibility index (Phi) is 10.4. The van der Waals surface area contributed by atoms with Crippen LogP contribution in [-0.2, 0) is 12.4 Å². The number of fused-ring (bicyclic) bond motifs is 6. The fourth-order valence-corrected chi connectivity index (χ4v) is 10.4. The first-order valence-corrected chi connectivity index (χ1v) is 22.8. The summed E-state index contributed by atoms with van der Waals surface area (Å²) in [5.74, 6) is 0. The van der Waals surface area contributed by atoms with Crippen molar-refractivity contribution in [3.05, 3.63) is 215 Å². The maximum absolute atomic E-state index is 15.0. The summed E-state index contributed by atoms with van der Waals surface area (Å²) >= 11 is 0. The molecule has 9 aromatic carbocycles. The van der Waals surface area contributed by atoms with E-state index in [1.807, 2.05) is 54.6 Å². The van der Waals surface area contributed by atoms with Crippen molar-refractivity contribution in [1.29, 1.82) is 5.26 Å². The molecule has 0 saturated carbocycles. The van der Waals surface area contributed by atoms with Gasteiger partial charge in [-0.25, -0.2) is 0 Å². The minimum Gasteiger partial charge on any atom is -0.309 e. The first-order valence-electron chi connectivity index (χ1n) is 22.8. The maximum atomic E-state index is 15.0. The molecule has 0 bridgehead atoms. The Labute approximate surface area is 399 Å². The van der Waals surface area contributed by atoms with Gasteiger partial charge in [-0.2, -0.15) is 31.6 Å². The van der Waals surface area contributed by atoms with Gasteiger partial charge >= 0.3 is 12.4 Å². The number of hydrogen-bond acceptors (Lipinski definition) is 1. The van der Waals surface area contributed by atoms with E-state index in [0.717, 1.165) is 94.2 Å². The van der Waals surface area contributed by atoms with E-state index < -0.39 is 29.0 Å². The van der Waals surface area contributed by atoms with E-state index >= 15 is 0 Å². The van der Waals surface area contributed by atoms with Gasteiger partial charge in [-0.05, 0) is 151 Å². The summed E-state index contributed by atoms with van der Waals surface area (Å²) in [4.78, 5) is 0. The molecule has 0 spiro atoms. The molecular weight excluding hydrogens is 889 g/mol. The van der Waals surface area contributed by atoms with Gasteiger partial charge in [0.2, 0.25) is 0 Å². The Morgan fingerprint density at radius 3 is 1.34 bits per heavy atom. The van der Waals surface area contributed by atoms with Gasteiger partial charge in [0.25, 0.3) is 0 Å². The fourth-order valence-electron chi connectivity index (χ4n) is 10.4. The van der Waals surface area contributed by atoms with Gasteiger partial charge in [-0.1, -0.05) is 108 Å². The average molecular weight is 930 g/mol. The number of hydrogen-bond donors (Lipinski definition) is 0. The highest BCUT2D eigenvalue weighted by Crippen LogP contribution is 2.46. The molecule has 0 saturated heterocycles. The number of nitriles is 1. The Morgan fingerprint density at radius 1 is 0.386 bits per heavy atom. The van der Waals surface area contributed by atoms with Crippen LogP contribution in [0, 0.1) is 39.0 Å². The molecule has 11 aromatic rings. The second kappa shape index (κ2) is 16.4. The third-order valence-electron chi connectivity index (χ3n) is 13.6. The molecule has 0 aliphatic heterocycles. The van der Waals surface area contributed by atoms with Crippen LogP contribution < -0.4 is 0 Å². The number of aryl methyl sites for hydroxylation is 4. The maximum Gasteiger partial charge on any atom is 0.417 e. The van der Waals surface area contributed by atoms with Gasteiger partial charge in [0.1, 0.15) is 0 Å². The SMILES string of the molecule is Cc1ccc(-c2ccc3c(c2)c2ccccc2n3-c2ccc(C#N)cc2-c2cc(-c3ccc(C(F)(F)F)cc3C(F)(F)F)ccc2-n2c3ccccc3c3cc(-c4ccc(C)cc4C)ccc32)c(C)c1. The Hall–Kier alpha value is -8.35. The summed E-state index contributed by atoms with van der Waals surface area (Å²) in [5.41, 5.74) is 11.5.